The van der Waals surface area contributed by atoms with E-state index in [9.17, 15) is 14.0 Å². The minimum absolute atomic E-state index is 0.0254. The van der Waals surface area contributed by atoms with Gasteiger partial charge in [0.1, 0.15) is 5.82 Å². The Kier molecular flexibility index (Phi) is 3.99. The highest BCUT2D eigenvalue weighted by atomic mass is 19.1. The Morgan fingerprint density at radius 3 is 2.80 bits per heavy atom. The summed E-state index contributed by atoms with van der Waals surface area (Å²) in [6.45, 7) is 1.63. The van der Waals surface area contributed by atoms with Crippen molar-refractivity contribution in [3.63, 3.8) is 0 Å². The molecule has 2 aliphatic heterocycles. The van der Waals surface area contributed by atoms with Crippen LogP contribution in [-0.4, -0.2) is 32.5 Å². The predicted molar refractivity (Wildman–Crippen MR) is 87.8 cm³/mol. The van der Waals surface area contributed by atoms with E-state index in [2.05, 4.69) is 10.4 Å². The first-order valence-electron chi connectivity index (χ1n) is 8.43. The lowest BCUT2D eigenvalue weighted by Crippen LogP contribution is -2.34. The first kappa shape index (κ1) is 15.8. The summed E-state index contributed by atoms with van der Waals surface area (Å²) >= 11 is 0. The number of benzene rings is 1. The molecule has 130 valence electrons. The molecule has 6 nitrogen and oxygen atoms in total. The van der Waals surface area contributed by atoms with Crippen molar-refractivity contribution >= 4 is 11.8 Å². The van der Waals surface area contributed by atoms with Crippen LogP contribution in [0.5, 0.6) is 0 Å². The van der Waals surface area contributed by atoms with E-state index in [4.69, 9.17) is 0 Å². The summed E-state index contributed by atoms with van der Waals surface area (Å²) in [6, 6.07) is 6.31. The average Bonchev–Trinajstić information content (AvgIpc) is 3.27. The van der Waals surface area contributed by atoms with Crippen LogP contribution in [0.4, 0.5) is 4.39 Å². The van der Waals surface area contributed by atoms with Crippen LogP contribution in [0, 0.1) is 5.82 Å². The number of hydrogen-bond acceptors (Lipinski definition) is 3. The van der Waals surface area contributed by atoms with Gasteiger partial charge in [-0.3, -0.25) is 14.3 Å². The Labute approximate surface area is 144 Å². The van der Waals surface area contributed by atoms with Gasteiger partial charge < -0.3 is 10.2 Å². The number of carbonyl (C=O) groups excluding carboxylic acids is 2. The summed E-state index contributed by atoms with van der Waals surface area (Å²) < 4.78 is 14.9. The number of nitrogens with one attached hydrogen (secondary N) is 1. The van der Waals surface area contributed by atoms with Gasteiger partial charge in [-0.15, -0.1) is 0 Å². The fourth-order valence-corrected chi connectivity index (χ4v) is 3.45. The number of halogens is 1. The van der Waals surface area contributed by atoms with Gasteiger partial charge in [0.25, 0.3) is 0 Å². The molecule has 0 bridgehead atoms. The number of amides is 2. The lowest BCUT2D eigenvalue weighted by Gasteiger charge is -2.18. The molecule has 7 heteroatoms. The summed E-state index contributed by atoms with van der Waals surface area (Å²) in [4.78, 5) is 25.6. The molecular weight excluding hydrogens is 323 g/mol. The van der Waals surface area contributed by atoms with Gasteiger partial charge in [0.05, 0.1) is 25.0 Å². The molecule has 4 rings (SSSR count). The maximum Gasteiger partial charge on any atom is 0.225 e. The van der Waals surface area contributed by atoms with Gasteiger partial charge in [-0.25, -0.2) is 4.39 Å². The molecule has 0 aliphatic carbocycles. The number of aromatic nitrogens is 2. The zero-order valence-electron chi connectivity index (χ0n) is 13.7. The van der Waals surface area contributed by atoms with E-state index in [-0.39, 0.29) is 23.7 Å². The topological polar surface area (TPSA) is 67.2 Å². The number of hydrogen-bond donors (Lipinski definition) is 1. The average molecular weight is 342 g/mol. The van der Waals surface area contributed by atoms with E-state index in [1.54, 1.807) is 23.2 Å². The Morgan fingerprint density at radius 2 is 2.08 bits per heavy atom. The maximum absolute atomic E-state index is 13.0. The first-order chi connectivity index (χ1) is 12.1. The van der Waals surface area contributed by atoms with Crippen LogP contribution >= 0.6 is 0 Å². The van der Waals surface area contributed by atoms with E-state index in [1.165, 1.54) is 12.1 Å². The summed E-state index contributed by atoms with van der Waals surface area (Å²) in [5.74, 6) is -0.181. The third kappa shape index (κ3) is 3.26. The lowest BCUT2D eigenvalue weighted by atomic mass is 10.1. The second-order valence-electron chi connectivity index (χ2n) is 6.66. The van der Waals surface area contributed by atoms with E-state index >= 15 is 0 Å². The summed E-state index contributed by atoms with van der Waals surface area (Å²) in [6.07, 6.45) is 3.37. The van der Waals surface area contributed by atoms with Crippen LogP contribution in [-0.2, 0) is 29.2 Å². The third-order valence-electron chi connectivity index (χ3n) is 4.84. The quantitative estimate of drug-likeness (QED) is 0.917. The number of fused-ring (bicyclic) bond motifs is 1. The van der Waals surface area contributed by atoms with Gasteiger partial charge in [0, 0.05) is 31.0 Å². The number of carbonyl (C=O) groups is 2. The molecule has 0 spiro atoms. The van der Waals surface area contributed by atoms with Crippen molar-refractivity contribution in [3.05, 3.63) is 53.1 Å². The van der Waals surface area contributed by atoms with Crippen LogP contribution in [0.1, 0.15) is 36.1 Å². The van der Waals surface area contributed by atoms with Crippen molar-refractivity contribution in [2.24, 2.45) is 0 Å². The Bertz CT molecular complexity index is 815. The van der Waals surface area contributed by atoms with Crippen molar-refractivity contribution in [1.29, 1.82) is 0 Å². The predicted octanol–water partition coefficient (Wildman–Crippen LogP) is 1.58. The lowest BCUT2D eigenvalue weighted by molar-refractivity contribution is -0.132. The number of nitrogens with zero attached hydrogens (tertiary/aromatic N) is 3. The highest BCUT2D eigenvalue weighted by Crippen LogP contribution is 2.25. The molecular formula is C18H19FN4O2. The van der Waals surface area contributed by atoms with Gasteiger partial charge in [-0.2, -0.15) is 5.10 Å². The van der Waals surface area contributed by atoms with Crippen LogP contribution in [0.25, 0.3) is 0 Å². The second kappa shape index (κ2) is 6.31. The van der Waals surface area contributed by atoms with Crippen molar-refractivity contribution in [3.8, 4) is 0 Å². The molecule has 1 aromatic heterocycles. The molecule has 1 saturated heterocycles. The molecule has 1 N–H and O–H groups in total. The molecule has 1 aromatic carbocycles. The largest absolute Gasteiger partial charge is 0.353 e. The van der Waals surface area contributed by atoms with E-state index in [0.29, 0.717) is 32.5 Å². The molecule has 1 atom stereocenters. The Hall–Kier alpha value is -2.70. The molecule has 1 fully saturated rings. The molecule has 3 heterocycles. The summed E-state index contributed by atoms with van der Waals surface area (Å²) in [7, 11) is 0. The molecule has 0 radical (unpaired) electrons. The van der Waals surface area contributed by atoms with Gasteiger partial charge in [0.2, 0.25) is 11.8 Å². The standard InChI is InChI=1S/C18H19FN4O2/c19-14-3-1-12(2-4-14)9-23-16-11-22(10-13(16)8-20-23)18(25)7-15-5-6-17(24)21-15/h1-4,8,15H,5-7,9-11H2,(H,21,24). The minimum atomic E-state index is -0.259. The SMILES string of the molecule is O=C1CCC(CC(=O)N2Cc3cnn(Cc4ccc(F)cc4)c3C2)N1. The van der Waals surface area contributed by atoms with Gasteiger partial charge in [0.15, 0.2) is 0 Å². The van der Waals surface area contributed by atoms with Crippen molar-refractivity contribution in [2.45, 2.75) is 44.9 Å². The fourth-order valence-electron chi connectivity index (χ4n) is 3.45. The van der Waals surface area contributed by atoms with E-state index in [0.717, 1.165) is 23.2 Å². The van der Waals surface area contributed by atoms with Gasteiger partial charge in [-0.05, 0) is 24.1 Å². The monoisotopic (exact) mass is 342 g/mol. The van der Waals surface area contributed by atoms with Crippen molar-refractivity contribution in [2.75, 3.05) is 0 Å². The molecule has 0 saturated carbocycles. The highest BCUT2D eigenvalue weighted by Gasteiger charge is 2.30. The molecule has 1 unspecified atom stereocenters. The minimum Gasteiger partial charge on any atom is -0.353 e. The fraction of sp³-hybridized carbons (Fsp3) is 0.389. The second-order valence-corrected chi connectivity index (χ2v) is 6.66. The maximum atomic E-state index is 13.0. The van der Waals surface area contributed by atoms with Gasteiger partial charge in [-0.1, -0.05) is 12.1 Å². The summed E-state index contributed by atoms with van der Waals surface area (Å²) in [5.41, 5.74) is 3.03. The smallest absolute Gasteiger partial charge is 0.225 e. The Balaban J connectivity index is 1.41. The van der Waals surface area contributed by atoms with E-state index < -0.39 is 0 Å². The first-order valence-corrected chi connectivity index (χ1v) is 8.43. The van der Waals surface area contributed by atoms with E-state index in [1.807, 2.05) is 4.68 Å². The zero-order chi connectivity index (χ0) is 17.4. The third-order valence-corrected chi connectivity index (χ3v) is 4.84. The molecule has 2 amide bonds. The van der Waals surface area contributed by atoms with Crippen molar-refractivity contribution in [1.82, 2.24) is 20.0 Å². The van der Waals surface area contributed by atoms with Crippen LogP contribution in [0.15, 0.2) is 30.5 Å². The summed E-state index contributed by atoms with van der Waals surface area (Å²) in [5, 5.41) is 7.23. The molecule has 2 aromatic rings. The van der Waals surface area contributed by atoms with Crippen LogP contribution in [0.3, 0.4) is 0 Å². The normalized spacial score (nSPS) is 19.2. The highest BCUT2D eigenvalue weighted by molar-refractivity contribution is 5.82. The van der Waals surface area contributed by atoms with Crippen molar-refractivity contribution < 1.29 is 14.0 Å². The zero-order valence-corrected chi connectivity index (χ0v) is 13.7. The van der Waals surface area contributed by atoms with Crippen LogP contribution in [0.2, 0.25) is 0 Å². The molecule has 25 heavy (non-hydrogen) atoms. The number of rotatable bonds is 4. The molecule has 2 aliphatic rings. The van der Waals surface area contributed by atoms with Crippen LogP contribution < -0.4 is 5.32 Å². The Morgan fingerprint density at radius 1 is 1.28 bits per heavy atom. The van der Waals surface area contributed by atoms with Gasteiger partial charge >= 0.3 is 0 Å².